The zero-order valence-corrected chi connectivity index (χ0v) is 21.1. The Morgan fingerprint density at radius 1 is 1.19 bits per heavy atom. The predicted molar refractivity (Wildman–Crippen MR) is 135 cm³/mol. The summed E-state index contributed by atoms with van der Waals surface area (Å²) in [4.78, 5) is 22.9. The van der Waals surface area contributed by atoms with E-state index in [0.717, 1.165) is 35.1 Å². The van der Waals surface area contributed by atoms with Crippen LogP contribution >= 0.6 is 24.0 Å². The SMILES string of the molecule is CCNC(=NCCC(=O)Nc1ccc(C)cn1)N(C)Cc1ccc(OC)cc1OC.I. The second kappa shape index (κ2) is 13.7. The fourth-order valence-electron chi connectivity index (χ4n) is 2.79. The van der Waals surface area contributed by atoms with Gasteiger partial charge in [0.1, 0.15) is 17.3 Å². The van der Waals surface area contributed by atoms with Crippen LogP contribution in [0.4, 0.5) is 5.82 Å². The van der Waals surface area contributed by atoms with Crippen molar-refractivity contribution in [3.63, 3.8) is 0 Å². The lowest BCUT2D eigenvalue weighted by Crippen LogP contribution is -2.38. The van der Waals surface area contributed by atoms with Gasteiger partial charge in [0.25, 0.3) is 0 Å². The second-order valence-corrected chi connectivity index (χ2v) is 6.79. The standard InChI is InChI=1S/C22H31N5O3.HI/c1-6-23-22(24-12-11-21(28)26-20-10-7-16(2)14-25-20)27(3)15-17-8-9-18(29-4)13-19(17)30-5;/h7-10,13-14H,6,11-12,15H2,1-5H3,(H,23,24)(H,25,26,28);1H. The van der Waals surface area contributed by atoms with Crippen LogP contribution in [0.25, 0.3) is 0 Å². The normalized spacial score (nSPS) is 10.7. The van der Waals surface area contributed by atoms with Gasteiger partial charge in [-0.05, 0) is 37.6 Å². The summed E-state index contributed by atoms with van der Waals surface area (Å²) in [5.41, 5.74) is 2.05. The highest BCUT2D eigenvalue weighted by molar-refractivity contribution is 14.0. The minimum absolute atomic E-state index is 0. The molecule has 1 aromatic heterocycles. The molecule has 0 spiro atoms. The molecule has 0 aliphatic rings. The molecule has 0 fully saturated rings. The molecule has 170 valence electrons. The van der Waals surface area contributed by atoms with Crippen molar-refractivity contribution in [2.75, 3.05) is 39.7 Å². The predicted octanol–water partition coefficient (Wildman–Crippen LogP) is 3.45. The number of pyridine rings is 1. The van der Waals surface area contributed by atoms with Crippen LogP contribution in [0.2, 0.25) is 0 Å². The third kappa shape index (κ3) is 8.60. The lowest BCUT2D eigenvalue weighted by molar-refractivity contribution is -0.116. The van der Waals surface area contributed by atoms with Crippen molar-refractivity contribution in [2.24, 2.45) is 4.99 Å². The summed E-state index contributed by atoms with van der Waals surface area (Å²) in [7, 11) is 5.21. The first-order valence-corrected chi connectivity index (χ1v) is 9.89. The number of carbonyl (C=O) groups is 1. The fraction of sp³-hybridized carbons (Fsp3) is 0.409. The van der Waals surface area contributed by atoms with Crippen LogP contribution in [0.15, 0.2) is 41.5 Å². The van der Waals surface area contributed by atoms with Gasteiger partial charge in [-0.3, -0.25) is 9.79 Å². The molecule has 0 aliphatic carbocycles. The van der Waals surface area contributed by atoms with Crippen LogP contribution in [-0.4, -0.2) is 56.1 Å². The smallest absolute Gasteiger partial charge is 0.227 e. The quantitative estimate of drug-likeness (QED) is 0.287. The van der Waals surface area contributed by atoms with Gasteiger partial charge < -0.3 is 25.0 Å². The van der Waals surface area contributed by atoms with Gasteiger partial charge in [-0.25, -0.2) is 4.98 Å². The van der Waals surface area contributed by atoms with Crippen molar-refractivity contribution < 1.29 is 14.3 Å². The van der Waals surface area contributed by atoms with Crippen molar-refractivity contribution >= 4 is 41.7 Å². The lowest BCUT2D eigenvalue weighted by Gasteiger charge is -2.23. The summed E-state index contributed by atoms with van der Waals surface area (Å²) in [5, 5.41) is 6.05. The number of benzene rings is 1. The monoisotopic (exact) mass is 541 g/mol. The van der Waals surface area contributed by atoms with E-state index in [2.05, 4.69) is 20.6 Å². The second-order valence-electron chi connectivity index (χ2n) is 6.79. The Bertz CT molecular complexity index is 859. The maximum atomic E-state index is 12.2. The Hall–Kier alpha value is -2.56. The number of hydrogen-bond donors (Lipinski definition) is 2. The van der Waals surface area contributed by atoms with Gasteiger partial charge >= 0.3 is 0 Å². The first kappa shape index (κ1) is 26.5. The van der Waals surface area contributed by atoms with E-state index >= 15 is 0 Å². The number of hydrogen-bond acceptors (Lipinski definition) is 5. The number of anilines is 1. The zero-order valence-electron chi connectivity index (χ0n) is 18.8. The topological polar surface area (TPSA) is 88.1 Å². The van der Waals surface area contributed by atoms with Crippen LogP contribution in [-0.2, 0) is 11.3 Å². The third-order valence-electron chi connectivity index (χ3n) is 4.38. The highest BCUT2D eigenvalue weighted by atomic mass is 127. The van der Waals surface area contributed by atoms with Gasteiger partial charge in [-0.1, -0.05) is 6.07 Å². The molecule has 2 N–H and O–H groups in total. The van der Waals surface area contributed by atoms with E-state index in [-0.39, 0.29) is 36.3 Å². The molecule has 0 saturated heterocycles. The van der Waals surface area contributed by atoms with E-state index in [4.69, 9.17) is 9.47 Å². The van der Waals surface area contributed by atoms with E-state index in [1.54, 1.807) is 26.5 Å². The first-order valence-electron chi connectivity index (χ1n) is 9.89. The molecular formula is C22H32IN5O3. The van der Waals surface area contributed by atoms with Crippen molar-refractivity contribution in [1.29, 1.82) is 0 Å². The summed E-state index contributed by atoms with van der Waals surface area (Å²) >= 11 is 0. The molecule has 1 amide bonds. The molecule has 0 atom stereocenters. The molecule has 31 heavy (non-hydrogen) atoms. The van der Waals surface area contributed by atoms with Gasteiger partial charge in [0.2, 0.25) is 5.91 Å². The van der Waals surface area contributed by atoms with Gasteiger partial charge in [-0.2, -0.15) is 0 Å². The van der Waals surface area contributed by atoms with Crippen LogP contribution in [0, 0.1) is 6.92 Å². The third-order valence-corrected chi connectivity index (χ3v) is 4.38. The number of aromatic nitrogens is 1. The molecule has 0 radical (unpaired) electrons. The summed E-state index contributed by atoms with van der Waals surface area (Å²) in [6.07, 6.45) is 1.99. The number of carbonyl (C=O) groups excluding carboxylic acids is 1. The van der Waals surface area contributed by atoms with E-state index in [0.29, 0.717) is 18.9 Å². The Labute approximate surface area is 201 Å². The average Bonchev–Trinajstić information content (AvgIpc) is 2.75. The largest absolute Gasteiger partial charge is 0.497 e. The molecule has 0 aliphatic heterocycles. The van der Waals surface area contributed by atoms with Crippen molar-refractivity contribution in [3.8, 4) is 11.5 Å². The molecule has 8 nitrogen and oxygen atoms in total. The van der Waals surface area contributed by atoms with Gasteiger partial charge in [-0.15, -0.1) is 24.0 Å². The minimum atomic E-state index is -0.120. The molecule has 0 bridgehead atoms. The summed E-state index contributed by atoms with van der Waals surface area (Å²) < 4.78 is 10.7. The van der Waals surface area contributed by atoms with Crippen molar-refractivity contribution in [2.45, 2.75) is 26.8 Å². The van der Waals surface area contributed by atoms with Crippen LogP contribution < -0.4 is 20.1 Å². The maximum absolute atomic E-state index is 12.2. The minimum Gasteiger partial charge on any atom is -0.497 e. The molecule has 0 saturated carbocycles. The average molecular weight is 541 g/mol. The Balaban J connectivity index is 0.00000480. The molecule has 9 heteroatoms. The zero-order chi connectivity index (χ0) is 21.9. The number of aryl methyl sites for hydroxylation is 1. The Morgan fingerprint density at radius 2 is 1.97 bits per heavy atom. The number of nitrogens with zero attached hydrogens (tertiary/aromatic N) is 3. The van der Waals surface area contributed by atoms with E-state index in [1.807, 2.05) is 50.1 Å². The van der Waals surface area contributed by atoms with Gasteiger partial charge in [0.05, 0.1) is 20.8 Å². The van der Waals surface area contributed by atoms with E-state index < -0.39 is 0 Å². The molecular weight excluding hydrogens is 509 g/mol. The molecule has 0 unspecified atom stereocenters. The molecule has 1 heterocycles. The molecule has 2 rings (SSSR count). The number of rotatable bonds is 9. The number of nitrogens with one attached hydrogen (secondary N) is 2. The summed E-state index contributed by atoms with van der Waals surface area (Å²) in [6.45, 7) is 5.64. The van der Waals surface area contributed by atoms with Crippen LogP contribution in [0.1, 0.15) is 24.5 Å². The van der Waals surface area contributed by atoms with Gasteiger partial charge in [0.15, 0.2) is 5.96 Å². The number of guanidine groups is 1. The fourth-order valence-corrected chi connectivity index (χ4v) is 2.79. The summed E-state index contributed by atoms with van der Waals surface area (Å²) in [5.74, 6) is 2.64. The maximum Gasteiger partial charge on any atom is 0.227 e. The van der Waals surface area contributed by atoms with Crippen molar-refractivity contribution in [3.05, 3.63) is 47.7 Å². The highest BCUT2D eigenvalue weighted by Crippen LogP contribution is 2.25. The summed E-state index contributed by atoms with van der Waals surface area (Å²) in [6, 6.07) is 9.43. The number of ether oxygens (including phenoxy) is 2. The Morgan fingerprint density at radius 3 is 2.58 bits per heavy atom. The van der Waals surface area contributed by atoms with Gasteiger partial charge in [0, 0.05) is 44.4 Å². The first-order chi connectivity index (χ1) is 14.5. The Kier molecular flexibility index (Phi) is 11.7. The van der Waals surface area contributed by atoms with Crippen LogP contribution in [0.5, 0.6) is 11.5 Å². The highest BCUT2D eigenvalue weighted by Gasteiger charge is 2.12. The number of halogens is 1. The number of aliphatic imine (C=N–C) groups is 1. The lowest BCUT2D eigenvalue weighted by atomic mass is 10.2. The number of amides is 1. The number of methoxy groups -OCH3 is 2. The van der Waals surface area contributed by atoms with E-state index in [1.165, 1.54) is 0 Å². The van der Waals surface area contributed by atoms with E-state index in [9.17, 15) is 4.79 Å². The molecule has 2 aromatic rings. The molecule has 1 aromatic carbocycles. The van der Waals surface area contributed by atoms with Crippen LogP contribution in [0.3, 0.4) is 0 Å². The van der Waals surface area contributed by atoms with Crippen molar-refractivity contribution in [1.82, 2.24) is 15.2 Å².